The molecule has 4 nitrogen and oxygen atoms in total. The van der Waals surface area contributed by atoms with E-state index >= 15 is 0 Å². The second kappa shape index (κ2) is 7.06. The van der Waals surface area contributed by atoms with Crippen LogP contribution in [0.5, 0.6) is 0 Å². The number of nitrogens with two attached hydrogens (primary N) is 1. The molecule has 0 radical (unpaired) electrons. The lowest BCUT2D eigenvalue weighted by Gasteiger charge is -2.09. The van der Waals surface area contributed by atoms with Crippen molar-refractivity contribution in [3.05, 3.63) is 0 Å². The quantitative estimate of drug-likeness (QED) is 0.529. The first-order valence-corrected chi connectivity index (χ1v) is 4.29. The highest BCUT2D eigenvalue weighted by atomic mass is 16.5. The fraction of sp³-hybridized carbons (Fsp3) is 0.875. The van der Waals surface area contributed by atoms with Crippen LogP contribution in [0.15, 0.2) is 0 Å². The molecule has 0 fully saturated rings. The van der Waals surface area contributed by atoms with Gasteiger partial charge in [0.1, 0.15) is 0 Å². The Morgan fingerprint density at radius 3 is 2.75 bits per heavy atom. The van der Waals surface area contributed by atoms with Crippen LogP contribution in [-0.2, 0) is 9.53 Å². The number of carbonyl (C=O) groups excluding carboxylic acids is 1. The van der Waals surface area contributed by atoms with Crippen LogP contribution in [0.2, 0.25) is 0 Å². The highest BCUT2D eigenvalue weighted by Gasteiger charge is 2.05. The molecule has 0 saturated carbocycles. The highest BCUT2D eigenvalue weighted by Crippen LogP contribution is 1.81. The maximum atomic E-state index is 10.5. The second-order valence-electron chi connectivity index (χ2n) is 2.69. The summed E-state index contributed by atoms with van der Waals surface area (Å²) in [4.78, 5) is 10.5. The first kappa shape index (κ1) is 11.4. The van der Waals surface area contributed by atoms with Crippen LogP contribution in [0.1, 0.15) is 20.3 Å². The Kier molecular flexibility index (Phi) is 6.70. The fourth-order valence-corrected chi connectivity index (χ4v) is 0.695. The zero-order chi connectivity index (χ0) is 9.40. The van der Waals surface area contributed by atoms with Gasteiger partial charge >= 0.3 is 0 Å². The number of hydrogen-bond donors (Lipinski definition) is 2. The molecule has 0 spiro atoms. The van der Waals surface area contributed by atoms with Gasteiger partial charge in [0.25, 0.3) is 0 Å². The lowest BCUT2D eigenvalue weighted by Crippen LogP contribution is -2.40. The third kappa shape index (κ3) is 6.12. The van der Waals surface area contributed by atoms with E-state index in [1.54, 1.807) is 6.92 Å². The molecule has 0 aromatic carbocycles. The zero-order valence-electron chi connectivity index (χ0n) is 7.80. The summed E-state index contributed by atoms with van der Waals surface area (Å²) in [6, 6.07) is -0.268. The summed E-state index contributed by atoms with van der Waals surface area (Å²) in [6.07, 6.45) is 1.02. The van der Waals surface area contributed by atoms with E-state index in [1.807, 2.05) is 0 Å². The monoisotopic (exact) mass is 174 g/mol. The van der Waals surface area contributed by atoms with Crippen molar-refractivity contribution in [2.24, 2.45) is 5.73 Å². The second-order valence-corrected chi connectivity index (χ2v) is 2.69. The molecule has 0 aliphatic heterocycles. The van der Waals surface area contributed by atoms with Crippen molar-refractivity contribution >= 4 is 5.91 Å². The third-order valence-electron chi connectivity index (χ3n) is 1.47. The smallest absolute Gasteiger partial charge is 0.234 e. The average Bonchev–Trinajstić information content (AvgIpc) is 2.03. The zero-order valence-corrected chi connectivity index (χ0v) is 7.80. The predicted molar refractivity (Wildman–Crippen MR) is 47.8 cm³/mol. The molecule has 0 heterocycles. The SMILES string of the molecule is CCCOCCNC(C)C(N)=O. The van der Waals surface area contributed by atoms with Gasteiger partial charge in [-0.3, -0.25) is 4.79 Å². The van der Waals surface area contributed by atoms with Crippen LogP contribution in [-0.4, -0.2) is 31.7 Å². The van der Waals surface area contributed by atoms with E-state index in [9.17, 15) is 4.79 Å². The Bertz CT molecular complexity index is 128. The van der Waals surface area contributed by atoms with Gasteiger partial charge in [0.05, 0.1) is 12.6 Å². The topological polar surface area (TPSA) is 64.3 Å². The summed E-state index contributed by atoms with van der Waals surface area (Å²) in [5, 5.41) is 2.94. The Labute approximate surface area is 73.5 Å². The number of nitrogens with one attached hydrogen (secondary N) is 1. The molecule has 72 valence electrons. The van der Waals surface area contributed by atoms with Gasteiger partial charge in [-0.05, 0) is 13.3 Å². The Morgan fingerprint density at radius 1 is 1.58 bits per heavy atom. The van der Waals surface area contributed by atoms with Crippen molar-refractivity contribution in [2.75, 3.05) is 19.8 Å². The number of amides is 1. The van der Waals surface area contributed by atoms with Crippen LogP contribution in [0.25, 0.3) is 0 Å². The predicted octanol–water partition coefficient (Wildman–Crippen LogP) is -0.124. The number of hydrogen-bond acceptors (Lipinski definition) is 3. The lowest BCUT2D eigenvalue weighted by atomic mass is 10.3. The minimum Gasteiger partial charge on any atom is -0.380 e. The lowest BCUT2D eigenvalue weighted by molar-refractivity contribution is -0.119. The van der Waals surface area contributed by atoms with Gasteiger partial charge in [0.15, 0.2) is 0 Å². The molecular weight excluding hydrogens is 156 g/mol. The summed E-state index contributed by atoms with van der Waals surface area (Å²) in [7, 11) is 0. The van der Waals surface area contributed by atoms with E-state index in [1.165, 1.54) is 0 Å². The minimum atomic E-state index is -0.328. The van der Waals surface area contributed by atoms with Crippen LogP contribution in [0, 0.1) is 0 Å². The van der Waals surface area contributed by atoms with Crippen LogP contribution in [0.4, 0.5) is 0 Å². The Morgan fingerprint density at radius 2 is 2.25 bits per heavy atom. The van der Waals surface area contributed by atoms with Crippen molar-refractivity contribution in [2.45, 2.75) is 26.3 Å². The van der Waals surface area contributed by atoms with Gasteiger partial charge in [-0.15, -0.1) is 0 Å². The standard InChI is InChI=1S/C8H18N2O2/c1-3-5-12-6-4-10-7(2)8(9)11/h7,10H,3-6H2,1-2H3,(H2,9,11). The molecule has 0 bridgehead atoms. The highest BCUT2D eigenvalue weighted by molar-refractivity contribution is 5.79. The molecule has 12 heavy (non-hydrogen) atoms. The van der Waals surface area contributed by atoms with Crippen molar-refractivity contribution in [3.63, 3.8) is 0 Å². The van der Waals surface area contributed by atoms with Gasteiger partial charge in [0, 0.05) is 13.2 Å². The first-order valence-electron chi connectivity index (χ1n) is 4.29. The Hall–Kier alpha value is -0.610. The molecule has 0 aromatic heterocycles. The molecule has 0 aromatic rings. The van der Waals surface area contributed by atoms with Gasteiger partial charge in [-0.2, -0.15) is 0 Å². The van der Waals surface area contributed by atoms with Gasteiger partial charge in [-0.25, -0.2) is 0 Å². The molecule has 0 saturated heterocycles. The molecule has 4 heteroatoms. The summed E-state index contributed by atoms with van der Waals surface area (Å²) < 4.78 is 5.20. The van der Waals surface area contributed by atoms with Crippen LogP contribution in [0.3, 0.4) is 0 Å². The minimum absolute atomic E-state index is 0.268. The molecular formula is C8H18N2O2. The van der Waals surface area contributed by atoms with E-state index in [4.69, 9.17) is 10.5 Å². The molecule has 0 aliphatic carbocycles. The van der Waals surface area contributed by atoms with Gasteiger partial charge in [-0.1, -0.05) is 6.92 Å². The fourth-order valence-electron chi connectivity index (χ4n) is 0.695. The first-order chi connectivity index (χ1) is 5.68. The maximum Gasteiger partial charge on any atom is 0.234 e. The molecule has 1 unspecified atom stereocenters. The molecule has 1 atom stereocenters. The number of primary amides is 1. The molecule has 0 aliphatic rings. The number of ether oxygens (including phenoxy) is 1. The van der Waals surface area contributed by atoms with E-state index in [2.05, 4.69) is 12.2 Å². The summed E-state index contributed by atoms with van der Waals surface area (Å²) in [6.45, 7) is 5.86. The Balaban J connectivity index is 3.14. The van der Waals surface area contributed by atoms with Crippen LogP contribution >= 0.6 is 0 Å². The van der Waals surface area contributed by atoms with Gasteiger partial charge in [0.2, 0.25) is 5.91 Å². The van der Waals surface area contributed by atoms with Crippen molar-refractivity contribution < 1.29 is 9.53 Å². The van der Waals surface area contributed by atoms with Crippen molar-refractivity contribution in [3.8, 4) is 0 Å². The van der Waals surface area contributed by atoms with Crippen molar-refractivity contribution in [1.29, 1.82) is 0 Å². The van der Waals surface area contributed by atoms with E-state index in [-0.39, 0.29) is 11.9 Å². The average molecular weight is 174 g/mol. The molecule has 0 rings (SSSR count). The summed E-state index contributed by atoms with van der Waals surface area (Å²) >= 11 is 0. The van der Waals surface area contributed by atoms with E-state index in [0.717, 1.165) is 13.0 Å². The van der Waals surface area contributed by atoms with Crippen LogP contribution < -0.4 is 11.1 Å². The number of rotatable bonds is 7. The summed E-state index contributed by atoms with van der Waals surface area (Å²) in [5.41, 5.74) is 5.03. The van der Waals surface area contributed by atoms with E-state index in [0.29, 0.717) is 13.2 Å². The summed E-state index contributed by atoms with van der Waals surface area (Å²) in [5.74, 6) is -0.328. The number of carbonyl (C=O) groups is 1. The third-order valence-corrected chi connectivity index (χ3v) is 1.47. The maximum absolute atomic E-state index is 10.5. The van der Waals surface area contributed by atoms with Crippen molar-refractivity contribution in [1.82, 2.24) is 5.32 Å². The largest absolute Gasteiger partial charge is 0.380 e. The van der Waals surface area contributed by atoms with E-state index < -0.39 is 0 Å². The van der Waals surface area contributed by atoms with Gasteiger partial charge < -0.3 is 15.8 Å². The molecule has 1 amide bonds. The normalized spacial score (nSPS) is 12.8. The molecule has 3 N–H and O–H groups in total.